The number of benzene rings is 2. The molecule has 0 aliphatic rings. The van der Waals surface area contributed by atoms with E-state index in [0.29, 0.717) is 29.3 Å². The maximum atomic E-state index is 12.3. The van der Waals surface area contributed by atoms with Crippen molar-refractivity contribution in [2.24, 2.45) is 0 Å². The Labute approximate surface area is 158 Å². The molecule has 0 unspecified atom stereocenters. The molecule has 0 aliphatic heterocycles. The van der Waals surface area contributed by atoms with Crippen LogP contribution in [0, 0.1) is 6.92 Å². The summed E-state index contributed by atoms with van der Waals surface area (Å²) in [6.45, 7) is 2.62. The standard InChI is InChI=1S/C18H21ClN2O4S/c1-13-4-7-15(19)12-17(13)21-18(22)14-5-8-16(9-6-14)26(23,24)20-10-3-11-25-2/h4-9,12,20H,3,10-11H2,1-2H3,(H,21,22). The first kappa shape index (κ1) is 20.4. The highest BCUT2D eigenvalue weighted by Crippen LogP contribution is 2.21. The van der Waals surface area contributed by atoms with Gasteiger partial charge in [-0.25, -0.2) is 13.1 Å². The van der Waals surface area contributed by atoms with Gasteiger partial charge in [0.2, 0.25) is 10.0 Å². The van der Waals surface area contributed by atoms with E-state index in [1.54, 1.807) is 19.2 Å². The second-order valence-electron chi connectivity index (χ2n) is 5.68. The van der Waals surface area contributed by atoms with Crippen LogP contribution in [0.1, 0.15) is 22.3 Å². The minimum atomic E-state index is -3.61. The Morgan fingerprint density at radius 1 is 1.15 bits per heavy atom. The number of sulfonamides is 1. The lowest BCUT2D eigenvalue weighted by atomic mass is 10.1. The van der Waals surface area contributed by atoms with Gasteiger partial charge in [0.25, 0.3) is 5.91 Å². The first-order chi connectivity index (χ1) is 12.3. The first-order valence-electron chi connectivity index (χ1n) is 7.99. The van der Waals surface area contributed by atoms with E-state index >= 15 is 0 Å². The van der Waals surface area contributed by atoms with Crippen LogP contribution < -0.4 is 10.0 Å². The van der Waals surface area contributed by atoms with Crippen molar-refractivity contribution in [1.82, 2.24) is 4.72 Å². The Morgan fingerprint density at radius 3 is 2.50 bits per heavy atom. The predicted molar refractivity (Wildman–Crippen MR) is 102 cm³/mol. The number of carbonyl (C=O) groups excluding carboxylic acids is 1. The van der Waals surface area contributed by atoms with Crippen molar-refractivity contribution in [2.75, 3.05) is 25.6 Å². The number of ether oxygens (including phenoxy) is 1. The van der Waals surface area contributed by atoms with Gasteiger partial charge in [-0.05, 0) is 55.3 Å². The zero-order valence-corrected chi connectivity index (χ0v) is 16.2. The van der Waals surface area contributed by atoms with Gasteiger partial charge in [-0.2, -0.15) is 0 Å². The monoisotopic (exact) mass is 396 g/mol. The van der Waals surface area contributed by atoms with E-state index in [0.717, 1.165) is 5.56 Å². The topological polar surface area (TPSA) is 84.5 Å². The van der Waals surface area contributed by atoms with Crippen molar-refractivity contribution in [2.45, 2.75) is 18.2 Å². The lowest BCUT2D eigenvalue weighted by Gasteiger charge is -2.10. The van der Waals surface area contributed by atoms with Crippen molar-refractivity contribution >= 4 is 33.2 Å². The third-order valence-electron chi connectivity index (χ3n) is 3.69. The minimum absolute atomic E-state index is 0.102. The second kappa shape index (κ2) is 9.14. The van der Waals surface area contributed by atoms with Gasteiger partial charge in [-0.1, -0.05) is 17.7 Å². The van der Waals surface area contributed by atoms with E-state index in [-0.39, 0.29) is 17.3 Å². The van der Waals surface area contributed by atoms with Gasteiger partial charge in [0.05, 0.1) is 4.90 Å². The number of amides is 1. The Morgan fingerprint density at radius 2 is 1.85 bits per heavy atom. The highest BCUT2D eigenvalue weighted by molar-refractivity contribution is 7.89. The van der Waals surface area contributed by atoms with Gasteiger partial charge in [-0.3, -0.25) is 4.79 Å². The lowest BCUT2D eigenvalue weighted by molar-refractivity contribution is 0.102. The molecule has 0 aliphatic carbocycles. The van der Waals surface area contributed by atoms with E-state index in [2.05, 4.69) is 10.0 Å². The van der Waals surface area contributed by atoms with Crippen molar-refractivity contribution in [3.63, 3.8) is 0 Å². The van der Waals surface area contributed by atoms with Crippen LogP contribution in [-0.2, 0) is 14.8 Å². The third kappa shape index (κ3) is 5.54. The van der Waals surface area contributed by atoms with Gasteiger partial charge >= 0.3 is 0 Å². The molecule has 1 amide bonds. The first-order valence-corrected chi connectivity index (χ1v) is 9.86. The van der Waals surface area contributed by atoms with Crippen molar-refractivity contribution in [3.8, 4) is 0 Å². The number of aryl methyl sites for hydroxylation is 1. The molecule has 0 atom stereocenters. The molecule has 2 aromatic carbocycles. The molecule has 2 aromatic rings. The summed E-state index contributed by atoms with van der Waals surface area (Å²) in [5, 5.41) is 3.29. The average molecular weight is 397 g/mol. The summed E-state index contributed by atoms with van der Waals surface area (Å²) in [6, 6.07) is 11.0. The van der Waals surface area contributed by atoms with Crippen molar-refractivity contribution in [1.29, 1.82) is 0 Å². The second-order valence-corrected chi connectivity index (χ2v) is 7.89. The van der Waals surface area contributed by atoms with Crippen molar-refractivity contribution < 1.29 is 17.9 Å². The van der Waals surface area contributed by atoms with E-state index < -0.39 is 10.0 Å². The third-order valence-corrected chi connectivity index (χ3v) is 5.40. The van der Waals surface area contributed by atoms with Crippen molar-refractivity contribution in [3.05, 3.63) is 58.6 Å². The number of hydrogen-bond acceptors (Lipinski definition) is 4. The highest BCUT2D eigenvalue weighted by Gasteiger charge is 2.15. The number of anilines is 1. The molecule has 0 saturated heterocycles. The summed E-state index contributed by atoms with van der Waals surface area (Å²) in [4.78, 5) is 12.5. The molecule has 6 nitrogen and oxygen atoms in total. The van der Waals surface area contributed by atoms with E-state index in [1.807, 2.05) is 13.0 Å². The summed E-state index contributed by atoms with van der Waals surface area (Å²) in [5.74, 6) is -0.340. The zero-order valence-electron chi connectivity index (χ0n) is 14.6. The van der Waals surface area contributed by atoms with Gasteiger partial charge in [0.15, 0.2) is 0 Å². The SMILES string of the molecule is COCCCNS(=O)(=O)c1ccc(C(=O)Nc2cc(Cl)ccc2C)cc1. The maximum absolute atomic E-state index is 12.3. The van der Waals surface area contributed by atoms with Crippen LogP contribution in [0.3, 0.4) is 0 Å². The molecule has 2 N–H and O–H groups in total. The van der Waals surface area contributed by atoms with Crippen LogP contribution >= 0.6 is 11.6 Å². The van der Waals surface area contributed by atoms with Crippen LogP contribution in [0.15, 0.2) is 47.4 Å². The van der Waals surface area contributed by atoms with Gasteiger partial charge < -0.3 is 10.1 Å². The van der Waals surface area contributed by atoms with E-state index in [4.69, 9.17) is 16.3 Å². The number of nitrogens with one attached hydrogen (secondary N) is 2. The Balaban J connectivity index is 2.06. The molecule has 0 saturated carbocycles. The average Bonchev–Trinajstić information content (AvgIpc) is 2.62. The van der Waals surface area contributed by atoms with Crippen LogP contribution in [0.2, 0.25) is 5.02 Å². The molecule has 0 radical (unpaired) electrons. The number of halogens is 1. The summed E-state index contributed by atoms with van der Waals surface area (Å²) in [7, 11) is -2.05. The predicted octanol–water partition coefficient (Wildman–Crippen LogP) is 3.22. The van der Waals surface area contributed by atoms with Crippen LogP contribution in [0.5, 0.6) is 0 Å². The largest absolute Gasteiger partial charge is 0.385 e. The molecule has 0 aromatic heterocycles. The fraction of sp³-hybridized carbons (Fsp3) is 0.278. The molecular weight excluding hydrogens is 376 g/mol. The van der Waals surface area contributed by atoms with Crippen LogP contribution in [-0.4, -0.2) is 34.6 Å². The summed E-state index contributed by atoms with van der Waals surface area (Å²) in [5.41, 5.74) is 1.84. The lowest BCUT2D eigenvalue weighted by Crippen LogP contribution is -2.25. The maximum Gasteiger partial charge on any atom is 0.255 e. The van der Waals surface area contributed by atoms with Crippen LogP contribution in [0.25, 0.3) is 0 Å². The molecule has 0 heterocycles. The van der Waals surface area contributed by atoms with E-state index in [9.17, 15) is 13.2 Å². The highest BCUT2D eigenvalue weighted by atomic mass is 35.5. The van der Waals surface area contributed by atoms with Gasteiger partial charge in [0.1, 0.15) is 0 Å². The van der Waals surface area contributed by atoms with Gasteiger partial charge in [-0.15, -0.1) is 0 Å². The Bertz CT molecular complexity index is 867. The summed E-state index contributed by atoms with van der Waals surface area (Å²) < 4.78 is 31.7. The number of rotatable bonds is 8. The van der Waals surface area contributed by atoms with E-state index in [1.165, 1.54) is 24.3 Å². The quantitative estimate of drug-likeness (QED) is 0.671. The normalized spacial score (nSPS) is 11.3. The fourth-order valence-corrected chi connectivity index (χ4v) is 3.46. The zero-order chi connectivity index (χ0) is 19.2. The molecule has 8 heteroatoms. The fourth-order valence-electron chi connectivity index (χ4n) is 2.22. The molecule has 0 fully saturated rings. The molecule has 26 heavy (non-hydrogen) atoms. The number of hydrogen-bond donors (Lipinski definition) is 2. The summed E-state index contributed by atoms with van der Waals surface area (Å²) in [6.07, 6.45) is 0.579. The number of methoxy groups -OCH3 is 1. The Hall–Kier alpha value is -1.93. The summed E-state index contributed by atoms with van der Waals surface area (Å²) >= 11 is 5.95. The molecule has 0 spiro atoms. The number of carbonyl (C=O) groups is 1. The smallest absolute Gasteiger partial charge is 0.255 e. The van der Waals surface area contributed by atoms with Gasteiger partial charge in [0, 0.05) is 36.5 Å². The van der Waals surface area contributed by atoms with Crippen LogP contribution in [0.4, 0.5) is 5.69 Å². The Kier molecular flexibility index (Phi) is 7.16. The molecule has 0 bridgehead atoms. The molecule has 140 valence electrons. The molecular formula is C18H21ClN2O4S. The molecule has 2 rings (SSSR count). The minimum Gasteiger partial charge on any atom is -0.385 e.